The number of nitrogens with two attached hydrogens (primary N) is 1. The van der Waals surface area contributed by atoms with Gasteiger partial charge in [0.2, 0.25) is 5.91 Å². The van der Waals surface area contributed by atoms with Crippen molar-refractivity contribution in [3.63, 3.8) is 0 Å². The van der Waals surface area contributed by atoms with E-state index in [4.69, 9.17) is 5.73 Å². The Morgan fingerprint density at radius 2 is 2.05 bits per heavy atom. The summed E-state index contributed by atoms with van der Waals surface area (Å²) in [7, 11) is 0. The van der Waals surface area contributed by atoms with Crippen LogP contribution in [0.25, 0.3) is 0 Å². The monoisotopic (exact) mass is 266 g/mol. The summed E-state index contributed by atoms with van der Waals surface area (Å²) in [4.78, 5) is 14.9. The van der Waals surface area contributed by atoms with Gasteiger partial charge >= 0.3 is 0 Å². The molecule has 2 aliphatic rings. The Hall–Kier alpha value is -0.570. The number of nitrogens with zero attached hydrogens (tertiary/aromatic N) is 1. The lowest BCUT2D eigenvalue weighted by Gasteiger charge is -2.39. The van der Waals surface area contributed by atoms with Crippen LogP contribution in [-0.4, -0.2) is 29.9 Å². The highest BCUT2D eigenvalue weighted by molar-refractivity contribution is 5.80. The predicted octanol–water partition coefficient (Wildman–Crippen LogP) is 2.79. The fraction of sp³-hybridized carbons (Fsp3) is 0.938. The molecule has 1 aliphatic heterocycles. The Morgan fingerprint density at radius 3 is 2.63 bits per heavy atom. The van der Waals surface area contributed by atoms with Gasteiger partial charge in [0.25, 0.3) is 0 Å². The van der Waals surface area contributed by atoms with Gasteiger partial charge in [0.1, 0.15) is 0 Å². The Balaban J connectivity index is 2.12. The fourth-order valence-electron chi connectivity index (χ4n) is 4.64. The molecular formula is C16H30N2O. The van der Waals surface area contributed by atoms with Crippen LogP contribution in [0.4, 0.5) is 0 Å². The van der Waals surface area contributed by atoms with Crippen LogP contribution in [0.1, 0.15) is 59.8 Å². The number of hydrogen-bond acceptors (Lipinski definition) is 2. The van der Waals surface area contributed by atoms with E-state index < -0.39 is 0 Å². The maximum absolute atomic E-state index is 12.7. The van der Waals surface area contributed by atoms with Gasteiger partial charge in [0.15, 0.2) is 0 Å². The van der Waals surface area contributed by atoms with Gasteiger partial charge < -0.3 is 10.6 Å². The van der Waals surface area contributed by atoms with Crippen molar-refractivity contribution in [1.82, 2.24) is 4.90 Å². The first-order valence-corrected chi connectivity index (χ1v) is 7.81. The normalized spacial score (nSPS) is 34.4. The number of fused-ring (bicyclic) bond motifs is 2. The van der Waals surface area contributed by atoms with Crippen LogP contribution >= 0.6 is 0 Å². The lowest BCUT2D eigenvalue weighted by Crippen LogP contribution is -2.42. The average molecular weight is 266 g/mol. The summed E-state index contributed by atoms with van der Waals surface area (Å²) in [5, 5.41) is 0. The topological polar surface area (TPSA) is 46.3 Å². The van der Waals surface area contributed by atoms with E-state index in [0.717, 1.165) is 25.8 Å². The molecule has 0 aromatic carbocycles. The van der Waals surface area contributed by atoms with E-state index in [9.17, 15) is 4.79 Å². The van der Waals surface area contributed by atoms with Gasteiger partial charge in [-0.25, -0.2) is 0 Å². The molecule has 19 heavy (non-hydrogen) atoms. The third kappa shape index (κ3) is 2.96. The SMILES string of the molecule is CCCC(CN)C(=O)N1CC2(C)CC1CC(C)(C)C2. The lowest BCUT2D eigenvalue weighted by molar-refractivity contribution is -0.136. The molecule has 1 heterocycles. The fourth-order valence-corrected chi connectivity index (χ4v) is 4.64. The van der Waals surface area contributed by atoms with Crippen LogP contribution in [0.2, 0.25) is 0 Å². The van der Waals surface area contributed by atoms with Crippen molar-refractivity contribution in [3.05, 3.63) is 0 Å². The highest BCUT2D eigenvalue weighted by atomic mass is 16.2. The first-order valence-electron chi connectivity index (χ1n) is 7.81. The Labute approximate surface area is 117 Å². The summed E-state index contributed by atoms with van der Waals surface area (Å²) in [6.45, 7) is 10.6. The molecular weight excluding hydrogens is 236 g/mol. The van der Waals surface area contributed by atoms with Crippen LogP contribution in [-0.2, 0) is 4.79 Å². The molecule has 0 spiro atoms. The average Bonchev–Trinajstić information content (AvgIpc) is 2.54. The van der Waals surface area contributed by atoms with Crippen molar-refractivity contribution in [2.75, 3.05) is 13.1 Å². The van der Waals surface area contributed by atoms with Gasteiger partial charge in [-0.1, -0.05) is 34.1 Å². The van der Waals surface area contributed by atoms with E-state index in [-0.39, 0.29) is 5.92 Å². The molecule has 2 N–H and O–H groups in total. The number of hydrogen-bond donors (Lipinski definition) is 1. The summed E-state index contributed by atoms with van der Waals surface area (Å²) in [6, 6.07) is 0.451. The highest BCUT2D eigenvalue weighted by Crippen LogP contribution is 2.52. The molecule has 2 rings (SSSR count). The van der Waals surface area contributed by atoms with E-state index in [1.165, 1.54) is 12.8 Å². The van der Waals surface area contributed by atoms with Gasteiger partial charge in [0.05, 0.1) is 5.92 Å². The largest absolute Gasteiger partial charge is 0.339 e. The third-order valence-electron chi connectivity index (χ3n) is 4.97. The minimum Gasteiger partial charge on any atom is -0.339 e. The van der Waals surface area contributed by atoms with E-state index in [1.807, 2.05) is 0 Å². The first-order chi connectivity index (χ1) is 8.80. The Kier molecular flexibility index (Phi) is 3.97. The lowest BCUT2D eigenvalue weighted by atomic mass is 9.65. The zero-order valence-corrected chi connectivity index (χ0v) is 13.0. The van der Waals surface area contributed by atoms with E-state index >= 15 is 0 Å². The molecule has 1 aliphatic carbocycles. The third-order valence-corrected chi connectivity index (χ3v) is 4.97. The number of likely N-dealkylation sites (tertiary alicyclic amines) is 1. The molecule has 3 atom stereocenters. The second kappa shape index (κ2) is 5.08. The number of carbonyl (C=O) groups excluding carboxylic acids is 1. The van der Waals surface area contributed by atoms with Crippen LogP contribution in [0.15, 0.2) is 0 Å². The molecule has 0 aromatic heterocycles. The molecule has 1 saturated carbocycles. The predicted molar refractivity (Wildman–Crippen MR) is 78.7 cm³/mol. The molecule has 3 unspecified atom stereocenters. The molecule has 1 amide bonds. The maximum atomic E-state index is 12.7. The zero-order valence-electron chi connectivity index (χ0n) is 13.0. The molecule has 110 valence electrons. The summed E-state index contributed by atoms with van der Waals surface area (Å²) >= 11 is 0. The molecule has 0 aromatic rings. The minimum absolute atomic E-state index is 0.0380. The van der Waals surface area contributed by atoms with Crippen molar-refractivity contribution in [2.24, 2.45) is 22.5 Å². The second-order valence-corrected chi connectivity index (χ2v) is 7.90. The highest BCUT2D eigenvalue weighted by Gasteiger charge is 2.51. The van der Waals surface area contributed by atoms with E-state index in [0.29, 0.717) is 29.3 Å². The summed E-state index contributed by atoms with van der Waals surface area (Å²) in [5.41, 5.74) is 6.50. The molecule has 3 nitrogen and oxygen atoms in total. The van der Waals surface area contributed by atoms with Crippen LogP contribution in [0.3, 0.4) is 0 Å². The Bertz CT molecular complexity index is 353. The van der Waals surface area contributed by atoms with Crippen molar-refractivity contribution >= 4 is 5.91 Å². The van der Waals surface area contributed by atoms with Crippen molar-refractivity contribution in [3.8, 4) is 0 Å². The summed E-state index contributed by atoms with van der Waals surface area (Å²) in [6.07, 6.45) is 5.54. The van der Waals surface area contributed by atoms with Gasteiger partial charge in [-0.15, -0.1) is 0 Å². The second-order valence-electron chi connectivity index (χ2n) is 7.90. The van der Waals surface area contributed by atoms with Crippen molar-refractivity contribution in [2.45, 2.75) is 65.8 Å². The van der Waals surface area contributed by atoms with E-state index in [2.05, 4.69) is 32.6 Å². The number of carbonyl (C=O) groups is 1. The minimum atomic E-state index is 0.0380. The van der Waals surface area contributed by atoms with Crippen LogP contribution < -0.4 is 5.73 Å². The number of amides is 1. The van der Waals surface area contributed by atoms with Gasteiger partial charge in [-0.2, -0.15) is 0 Å². The summed E-state index contributed by atoms with van der Waals surface area (Å²) in [5.74, 6) is 0.354. The standard InChI is InChI=1S/C16H30N2O/c1-5-6-12(9-17)14(19)18-11-16(4)8-13(18)7-15(2,3)10-16/h12-13H,5-11,17H2,1-4H3. The van der Waals surface area contributed by atoms with Crippen LogP contribution in [0.5, 0.6) is 0 Å². The van der Waals surface area contributed by atoms with Crippen molar-refractivity contribution < 1.29 is 4.79 Å². The number of rotatable bonds is 4. The van der Waals surface area contributed by atoms with Gasteiger partial charge in [0, 0.05) is 19.1 Å². The first kappa shape index (κ1) is 14.8. The zero-order chi connectivity index (χ0) is 14.3. The molecule has 2 bridgehead atoms. The molecule has 1 saturated heterocycles. The quantitative estimate of drug-likeness (QED) is 0.850. The molecule has 0 radical (unpaired) electrons. The smallest absolute Gasteiger partial charge is 0.227 e. The van der Waals surface area contributed by atoms with Gasteiger partial charge in [-0.05, 0) is 36.5 Å². The van der Waals surface area contributed by atoms with Crippen molar-refractivity contribution in [1.29, 1.82) is 0 Å². The molecule has 2 fully saturated rings. The maximum Gasteiger partial charge on any atom is 0.227 e. The Morgan fingerprint density at radius 1 is 1.37 bits per heavy atom. The van der Waals surface area contributed by atoms with Gasteiger partial charge in [-0.3, -0.25) is 4.79 Å². The van der Waals surface area contributed by atoms with Crippen LogP contribution in [0, 0.1) is 16.7 Å². The molecule has 3 heteroatoms. The summed E-state index contributed by atoms with van der Waals surface area (Å²) < 4.78 is 0. The van der Waals surface area contributed by atoms with E-state index in [1.54, 1.807) is 0 Å².